The first kappa shape index (κ1) is 17.2. The average Bonchev–Trinajstić information content (AvgIpc) is 2.31. The molecule has 0 aromatic heterocycles. The van der Waals surface area contributed by atoms with Gasteiger partial charge in [0.1, 0.15) is 0 Å². The highest BCUT2D eigenvalue weighted by molar-refractivity contribution is 6.30. The zero-order valence-electron chi connectivity index (χ0n) is 9.58. The van der Waals surface area contributed by atoms with Gasteiger partial charge in [0.05, 0.1) is 0 Å². The molecule has 0 unspecified atom stereocenters. The zero-order valence-corrected chi connectivity index (χ0v) is 10.3. The van der Waals surface area contributed by atoms with E-state index in [1.807, 2.05) is 24.3 Å². The van der Waals surface area contributed by atoms with Gasteiger partial charge in [-0.05, 0) is 24.1 Å². The standard InChI is InChI=1S/C9H10ClNO.C2HF3O2/c10-9-3-1-8(2-4-9)5-6-11-7-12;3-2(4,5)1(6)7/h1-4,7H,5-6H2,(H,11,12);(H,6,7). The Morgan fingerprint density at radius 1 is 1.32 bits per heavy atom. The molecule has 0 aliphatic carbocycles. The molecule has 0 aliphatic rings. The van der Waals surface area contributed by atoms with E-state index in [9.17, 15) is 18.0 Å². The molecular weight excluding hydrogens is 287 g/mol. The molecule has 19 heavy (non-hydrogen) atoms. The molecule has 0 spiro atoms. The fourth-order valence-electron chi connectivity index (χ4n) is 0.927. The van der Waals surface area contributed by atoms with Gasteiger partial charge in [-0.15, -0.1) is 0 Å². The van der Waals surface area contributed by atoms with Crippen molar-refractivity contribution in [2.45, 2.75) is 12.6 Å². The lowest BCUT2D eigenvalue weighted by molar-refractivity contribution is -0.192. The van der Waals surface area contributed by atoms with E-state index >= 15 is 0 Å². The molecule has 1 aromatic rings. The number of alkyl halides is 3. The molecule has 0 heterocycles. The molecule has 1 rings (SSSR count). The van der Waals surface area contributed by atoms with Crippen LogP contribution in [0.2, 0.25) is 5.02 Å². The van der Waals surface area contributed by atoms with E-state index in [0.29, 0.717) is 13.0 Å². The van der Waals surface area contributed by atoms with E-state index in [1.165, 1.54) is 5.56 Å². The summed E-state index contributed by atoms with van der Waals surface area (Å²) in [4.78, 5) is 18.8. The van der Waals surface area contributed by atoms with Crippen LogP contribution in [0.3, 0.4) is 0 Å². The van der Waals surface area contributed by atoms with Crippen LogP contribution >= 0.6 is 11.6 Å². The third-order valence-corrected chi connectivity index (χ3v) is 2.05. The normalized spacial score (nSPS) is 10.1. The first-order chi connectivity index (χ1) is 8.77. The lowest BCUT2D eigenvalue weighted by atomic mass is 10.1. The first-order valence-corrected chi connectivity index (χ1v) is 5.36. The molecule has 0 bridgehead atoms. The molecule has 0 radical (unpaired) electrons. The van der Waals surface area contributed by atoms with Crippen molar-refractivity contribution in [3.63, 3.8) is 0 Å². The lowest BCUT2D eigenvalue weighted by Crippen LogP contribution is -2.21. The minimum atomic E-state index is -5.08. The molecule has 0 aliphatic heterocycles. The third-order valence-electron chi connectivity index (χ3n) is 1.80. The monoisotopic (exact) mass is 297 g/mol. The molecule has 8 heteroatoms. The van der Waals surface area contributed by atoms with Crippen molar-refractivity contribution in [3.05, 3.63) is 34.9 Å². The number of carbonyl (C=O) groups excluding carboxylic acids is 1. The molecule has 0 saturated heterocycles. The largest absolute Gasteiger partial charge is 0.490 e. The second-order valence-corrected chi connectivity index (χ2v) is 3.69. The van der Waals surface area contributed by atoms with E-state index < -0.39 is 12.1 Å². The molecule has 0 atom stereocenters. The van der Waals surface area contributed by atoms with Crippen molar-refractivity contribution in [1.29, 1.82) is 0 Å². The molecular formula is C11H11ClF3NO3. The number of carboxylic acids is 1. The molecule has 4 nitrogen and oxygen atoms in total. The van der Waals surface area contributed by atoms with Crippen LogP contribution in [0.25, 0.3) is 0 Å². The summed E-state index contributed by atoms with van der Waals surface area (Å²) in [6.45, 7) is 0.672. The number of hydrogen-bond acceptors (Lipinski definition) is 2. The van der Waals surface area contributed by atoms with Crippen molar-refractivity contribution in [2.24, 2.45) is 0 Å². The Balaban J connectivity index is 0.000000399. The van der Waals surface area contributed by atoms with Crippen LogP contribution in [0.15, 0.2) is 24.3 Å². The Kier molecular flexibility index (Phi) is 7.59. The topological polar surface area (TPSA) is 66.4 Å². The molecule has 1 aromatic carbocycles. The predicted octanol–water partition coefficient (Wildman–Crippen LogP) is 2.26. The second-order valence-electron chi connectivity index (χ2n) is 3.25. The van der Waals surface area contributed by atoms with Crippen LogP contribution in [0.1, 0.15) is 5.56 Å². The number of aliphatic carboxylic acids is 1. The maximum absolute atomic E-state index is 10.6. The predicted molar refractivity (Wildman–Crippen MR) is 62.9 cm³/mol. The van der Waals surface area contributed by atoms with Crippen LogP contribution in [-0.2, 0) is 16.0 Å². The number of rotatable bonds is 4. The van der Waals surface area contributed by atoms with Gasteiger partial charge < -0.3 is 10.4 Å². The van der Waals surface area contributed by atoms with Crippen LogP contribution in [0, 0.1) is 0 Å². The summed E-state index contributed by atoms with van der Waals surface area (Å²) in [6.07, 6.45) is -3.54. The van der Waals surface area contributed by atoms with E-state index in [-0.39, 0.29) is 0 Å². The Hall–Kier alpha value is -1.76. The molecule has 2 N–H and O–H groups in total. The van der Waals surface area contributed by atoms with E-state index in [2.05, 4.69) is 5.32 Å². The van der Waals surface area contributed by atoms with Crippen molar-refractivity contribution in [3.8, 4) is 0 Å². The van der Waals surface area contributed by atoms with Gasteiger partial charge in [-0.1, -0.05) is 23.7 Å². The van der Waals surface area contributed by atoms with Gasteiger partial charge in [0.2, 0.25) is 6.41 Å². The maximum Gasteiger partial charge on any atom is 0.490 e. The van der Waals surface area contributed by atoms with Crippen molar-refractivity contribution in [1.82, 2.24) is 5.32 Å². The van der Waals surface area contributed by atoms with Gasteiger partial charge in [0, 0.05) is 11.6 Å². The Morgan fingerprint density at radius 3 is 2.16 bits per heavy atom. The van der Waals surface area contributed by atoms with Crippen LogP contribution in [0.5, 0.6) is 0 Å². The second kappa shape index (κ2) is 8.36. The summed E-state index contributed by atoms with van der Waals surface area (Å²) in [5.74, 6) is -2.76. The van der Waals surface area contributed by atoms with E-state index in [1.54, 1.807) is 0 Å². The molecule has 106 valence electrons. The van der Waals surface area contributed by atoms with Gasteiger partial charge in [-0.25, -0.2) is 4.79 Å². The minimum Gasteiger partial charge on any atom is -0.475 e. The van der Waals surface area contributed by atoms with E-state index in [4.69, 9.17) is 21.5 Å². The number of benzene rings is 1. The number of amides is 1. The highest BCUT2D eigenvalue weighted by atomic mass is 35.5. The number of nitrogens with one attached hydrogen (secondary N) is 1. The van der Waals surface area contributed by atoms with Crippen LogP contribution in [-0.4, -0.2) is 30.2 Å². The fourth-order valence-corrected chi connectivity index (χ4v) is 1.05. The number of carbonyl (C=O) groups is 2. The van der Waals surface area contributed by atoms with Gasteiger partial charge in [0.25, 0.3) is 0 Å². The maximum atomic E-state index is 10.6. The van der Waals surface area contributed by atoms with Crippen LogP contribution in [0.4, 0.5) is 13.2 Å². The van der Waals surface area contributed by atoms with Crippen molar-refractivity contribution >= 4 is 24.0 Å². The fraction of sp³-hybridized carbons (Fsp3) is 0.273. The van der Waals surface area contributed by atoms with E-state index in [0.717, 1.165) is 11.4 Å². The Labute approximate surface area is 112 Å². The highest BCUT2D eigenvalue weighted by Gasteiger charge is 2.38. The summed E-state index contributed by atoms with van der Waals surface area (Å²) >= 11 is 5.70. The molecule has 0 saturated carbocycles. The van der Waals surface area contributed by atoms with Gasteiger partial charge >= 0.3 is 12.1 Å². The zero-order chi connectivity index (χ0) is 14.9. The highest BCUT2D eigenvalue weighted by Crippen LogP contribution is 2.13. The summed E-state index contributed by atoms with van der Waals surface area (Å²) in [5.41, 5.74) is 1.17. The van der Waals surface area contributed by atoms with Crippen LogP contribution < -0.4 is 5.32 Å². The Bertz CT molecular complexity index is 407. The summed E-state index contributed by atoms with van der Waals surface area (Å²) in [6, 6.07) is 7.60. The van der Waals surface area contributed by atoms with Gasteiger partial charge in [0.15, 0.2) is 0 Å². The van der Waals surface area contributed by atoms with Crippen molar-refractivity contribution < 1.29 is 27.9 Å². The van der Waals surface area contributed by atoms with Gasteiger partial charge in [-0.3, -0.25) is 4.79 Å². The number of hydrogen-bond donors (Lipinski definition) is 2. The molecule has 0 fully saturated rings. The first-order valence-electron chi connectivity index (χ1n) is 4.99. The smallest absolute Gasteiger partial charge is 0.475 e. The Morgan fingerprint density at radius 2 is 1.79 bits per heavy atom. The number of carboxylic acid groups (broad SMARTS) is 1. The summed E-state index contributed by atoms with van der Waals surface area (Å²) in [7, 11) is 0. The van der Waals surface area contributed by atoms with Gasteiger partial charge in [-0.2, -0.15) is 13.2 Å². The van der Waals surface area contributed by atoms with Crippen molar-refractivity contribution in [2.75, 3.05) is 6.54 Å². The number of halogens is 4. The quantitative estimate of drug-likeness (QED) is 0.662. The molecule has 1 amide bonds. The summed E-state index contributed by atoms with van der Waals surface area (Å²) in [5, 5.41) is 10.5. The average molecular weight is 298 g/mol. The SMILES string of the molecule is O=C(O)C(F)(F)F.O=CNCCc1ccc(Cl)cc1. The lowest BCUT2D eigenvalue weighted by Gasteiger charge is -1.99. The summed E-state index contributed by atoms with van der Waals surface area (Å²) < 4.78 is 31.7. The third kappa shape index (κ3) is 8.90. The minimum absolute atomic E-state index is 0.672.